The maximum Gasteiger partial charge on any atom is 0.270 e. The molecule has 0 unspecified atom stereocenters. The number of nitrogens with two attached hydrogens (primary N) is 1. The summed E-state index contributed by atoms with van der Waals surface area (Å²) in [5.74, 6) is 4.92. The third-order valence-corrected chi connectivity index (χ3v) is 6.72. The monoisotopic (exact) mass is 433 g/mol. The number of benzene rings is 1. The molecule has 32 heavy (non-hydrogen) atoms. The van der Waals surface area contributed by atoms with Gasteiger partial charge in [0, 0.05) is 44.2 Å². The lowest BCUT2D eigenvalue weighted by molar-refractivity contribution is -0.137. The van der Waals surface area contributed by atoms with E-state index < -0.39 is 23.3 Å². The summed E-state index contributed by atoms with van der Waals surface area (Å²) in [5.41, 5.74) is 6.44. The number of hydrogen-bond acceptors (Lipinski definition) is 5. The molecule has 1 aliphatic carbocycles. The first-order valence-corrected chi connectivity index (χ1v) is 10.5. The number of likely N-dealkylation sites (tertiary alicyclic amines) is 1. The van der Waals surface area contributed by atoms with Crippen LogP contribution in [0.4, 0.5) is 0 Å². The number of aromatic nitrogens is 2. The summed E-state index contributed by atoms with van der Waals surface area (Å²) < 4.78 is 1.82. The fraction of sp³-hybridized carbons (Fsp3) is 0.391. The molecule has 164 valence electrons. The van der Waals surface area contributed by atoms with Crippen LogP contribution in [0.3, 0.4) is 0 Å². The quantitative estimate of drug-likeness (QED) is 0.590. The Kier molecular flexibility index (Phi) is 4.39. The van der Waals surface area contributed by atoms with Crippen LogP contribution in [0.1, 0.15) is 63.3 Å². The molecule has 1 saturated heterocycles. The molecule has 2 aromatic rings. The molecule has 0 spiro atoms. The summed E-state index contributed by atoms with van der Waals surface area (Å²) in [6.45, 7) is 0.451. The summed E-state index contributed by atoms with van der Waals surface area (Å²) in [6, 6.07) is 5.73. The van der Waals surface area contributed by atoms with Crippen molar-refractivity contribution in [2.24, 2.45) is 5.73 Å². The number of primary amides is 1. The molecule has 4 N–H and O–H groups in total. The average molecular weight is 433 g/mol. The van der Waals surface area contributed by atoms with Gasteiger partial charge in [0.2, 0.25) is 5.60 Å². The zero-order valence-corrected chi connectivity index (χ0v) is 17.8. The van der Waals surface area contributed by atoms with Gasteiger partial charge in [-0.2, -0.15) is 0 Å². The second-order valence-corrected chi connectivity index (χ2v) is 8.66. The normalized spacial score (nSPS) is 25.1. The van der Waals surface area contributed by atoms with Gasteiger partial charge in [0.1, 0.15) is 11.5 Å². The van der Waals surface area contributed by atoms with Crippen LogP contribution in [0, 0.1) is 11.8 Å². The SMILES string of the molecule is CNC(=O)c1c(C(N)=O)nc2n1C1CC(C1)c1ccc(C#C[C@]3(O)CCN(C)C3=O)cc1-2. The van der Waals surface area contributed by atoms with E-state index in [1.165, 1.54) is 11.9 Å². The number of likely N-dealkylation sites (N-methyl/N-ethyl adjacent to an activating group) is 1. The molecule has 2 bridgehead atoms. The lowest BCUT2D eigenvalue weighted by atomic mass is 9.75. The van der Waals surface area contributed by atoms with Crippen LogP contribution in [0.15, 0.2) is 18.2 Å². The first kappa shape index (κ1) is 20.3. The van der Waals surface area contributed by atoms with Crippen LogP contribution in [0.5, 0.6) is 0 Å². The molecule has 4 heterocycles. The lowest BCUT2D eigenvalue weighted by Crippen LogP contribution is -2.37. The number of carbonyl (C=O) groups is 3. The van der Waals surface area contributed by atoms with Crippen molar-refractivity contribution in [2.75, 3.05) is 20.6 Å². The standard InChI is InChI=1S/C23H23N5O4/c1-25-21(30)18-17(19(24)29)26-20-16-9-12(5-6-23(32)7-8-27(2)22(23)31)3-4-15(16)13-10-14(11-13)28(18)20/h3-4,9,13-14,32H,7-8,10-11H2,1-2H3,(H2,24,29)(H,25,30)/t13?,14?,23-/m0/s1. The Morgan fingerprint density at radius 2 is 2.09 bits per heavy atom. The van der Waals surface area contributed by atoms with Crippen molar-refractivity contribution >= 4 is 17.7 Å². The third-order valence-electron chi connectivity index (χ3n) is 6.72. The zero-order chi connectivity index (χ0) is 22.8. The molecule has 9 nitrogen and oxygen atoms in total. The summed E-state index contributed by atoms with van der Waals surface area (Å²) in [6.07, 6.45) is 1.93. The number of amides is 3. The van der Waals surface area contributed by atoms with Crippen molar-refractivity contribution in [3.8, 4) is 23.2 Å². The van der Waals surface area contributed by atoms with E-state index in [1.54, 1.807) is 7.05 Å². The summed E-state index contributed by atoms with van der Waals surface area (Å²) in [4.78, 5) is 42.8. The third kappa shape index (κ3) is 2.83. The average Bonchev–Trinajstić information content (AvgIpc) is 3.17. The Morgan fingerprint density at radius 1 is 1.34 bits per heavy atom. The van der Waals surface area contributed by atoms with Crippen LogP contribution < -0.4 is 11.1 Å². The molecular weight excluding hydrogens is 410 g/mol. The van der Waals surface area contributed by atoms with Crippen LogP contribution in [0.25, 0.3) is 11.4 Å². The fourth-order valence-corrected chi connectivity index (χ4v) is 4.87. The first-order chi connectivity index (χ1) is 15.2. The van der Waals surface area contributed by atoms with Crippen molar-refractivity contribution in [1.82, 2.24) is 19.8 Å². The van der Waals surface area contributed by atoms with E-state index in [4.69, 9.17) is 5.73 Å². The van der Waals surface area contributed by atoms with Crippen LogP contribution in [0.2, 0.25) is 0 Å². The molecule has 1 atom stereocenters. The number of rotatable bonds is 2. The minimum absolute atomic E-state index is 0.0530. The van der Waals surface area contributed by atoms with Gasteiger partial charge in [-0.3, -0.25) is 14.4 Å². The maximum atomic E-state index is 12.6. The molecule has 1 saturated carbocycles. The number of aliphatic hydroxyl groups is 1. The molecule has 9 heteroatoms. The maximum absolute atomic E-state index is 12.6. The Hall–Kier alpha value is -3.64. The lowest BCUT2D eigenvalue weighted by Gasteiger charge is -2.35. The van der Waals surface area contributed by atoms with Gasteiger partial charge in [-0.25, -0.2) is 4.98 Å². The smallest absolute Gasteiger partial charge is 0.270 e. The van der Waals surface area contributed by atoms with Crippen LogP contribution >= 0.6 is 0 Å². The highest BCUT2D eigenvalue weighted by Crippen LogP contribution is 2.52. The molecule has 1 aromatic carbocycles. The molecule has 0 radical (unpaired) electrons. The topological polar surface area (TPSA) is 131 Å². The van der Waals surface area contributed by atoms with Crippen molar-refractivity contribution < 1.29 is 19.5 Å². The van der Waals surface area contributed by atoms with Gasteiger partial charge in [0.05, 0.1) is 0 Å². The van der Waals surface area contributed by atoms with Crippen molar-refractivity contribution in [2.45, 2.75) is 36.8 Å². The van der Waals surface area contributed by atoms with E-state index in [0.29, 0.717) is 23.9 Å². The predicted octanol–water partition coefficient (Wildman–Crippen LogP) is 0.385. The molecule has 2 fully saturated rings. The Labute approximate surface area is 184 Å². The molecule has 6 rings (SSSR count). The molecule has 3 aliphatic heterocycles. The zero-order valence-electron chi connectivity index (χ0n) is 17.8. The van der Waals surface area contributed by atoms with E-state index in [-0.39, 0.29) is 23.9 Å². The first-order valence-electron chi connectivity index (χ1n) is 10.5. The van der Waals surface area contributed by atoms with Crippen molar-refractivity contribution in [1.29, 1.82) is 0 Å². The Balaban J connectivity index is 1.64. The van der Waals surface area contributed by atoms with Gasteiger partial charge in [0.15, 0.2) is 5.69 Å². The molecule has 4 aliphatic rings. The number of hydrogen-bond donors (Lipinski definition) is 3. The fourth-order valence-electron chi connectivity index (χ4n) is 4.87. The predicted molar refractivity (Wildman–Crippen MR) is 115 cm³/mol. The van der Waals surface area contributed by atoms with Crippen molar-refractivity contribution in [3.63, 3.8) is 0 Å². The van der Waals surface area contributed by atoms with Gasteiger partial charge in [-0.15, -0.1) is 0 Å². The van der Waals surface area contributed by atoms with Gasteiger partial charge < -0.3 is 25.6 Å². The minimum atomic E-state index is -1.69. The van der Waals surface area contributed by atoms with Gasteiger partial charge in [0.25, 0.3) is 17.7 Å². The van der Waals surface area contributed by atoms with E-state index in [1.807, 2.05) is 22.8 Å². The Morgan fingerprint density at radius 3 is 2.72 bits per heavy atom. The number of carbonyl (C=O) groups excluding carboxylic acids is 3. The highest BCUT2D eigenvalue weighted by Gasteiger charge is 2.43. The Bertz CT molecular complexity index is 1250. The summed E-state index contributed by atoms with van der Waals surface area (Å²) in [5, 5.41) is 13.2. The minimum Gasteiger partial charge on any atom is -0.369 e. The van der Waals surface area contributed by atoms with E-state index in [2.05, 4.69) is 22.1 Å². The highest BCUT2D eigenvalue weighted by atomic mass is 16.3. The number of nitrogens with zero attached hydrogens (tertiary/aromatic N) is 3. The van der Waals surface area contributed by atoms with E-state index >= 15 is 0 Å². The summed E-state index contributed by atoms with van der Waals surface area (Å²) >= 11 is 0. The van der Waals surface area contributed by atoms with Crippen LogP contribution in [-0.4, -0.2) is 63.5 Å². The second-order valence-electron chi connectivity index (χ2n) is 8.66. The van der Waals surface area contributed by atoms with Crippen molar-refractivity contribution in [3.05, 3.63) is 40.7 Å². The van der Waals surface area contributed by atoms with E-state index in [0.717, 1.165) is 24.0 Å². The largest absolute Gasteiger partial charge is 0.369 e. The second kappa shape index (κ2) is 6.93. The number of nitrogens with one attached hydrogen (secondary N) is 1. The summed E-state index contributed by atoms with van der Waals surface area (Å²) in [7, 11) is 3.14. The molecule has 1 aromatic heterocycles. The van der Waals surface area contributed by atoms with E-state index in [9.17, 15) is 19.5 Å². The van der Waals surface area contributed by atoms with Crippen LogP contribution in [-0.2, 0) is 4.79 Å². The highest BCUT2D eigenvalue weighted by molar-refractivity contribution is 6.05. The molecular formula is C23H23N5O4. The van der Waals surface area contributed by atoms with Gasteiger partial charge in [-0.1, -0.05) is 17.9 Å². The van der Waals surface area contributed by atoms with Gasteiger partial charge in [-0.05, 0) is 36.5 Å². The molecule has 3 amide bonds. The van der Waals surface area contributed by atoms with Gasteiger partial charge >= 0.3 is 0 Å². The number of imidazole rings is 1.